The van der Waals surface area contributed by atoms with E-state index in [2.05, 4.69) is 5.10 Å². The summed E-state index contributed by atoms with van der Waals surface area (Å²) >= 11 is 0. The Hall–Kier alpha value is -2.43. The molecule has 1 heterocycles. The molecule has 5 heteroatoms. The van der Waals surface area contributed by atoms with E-state index in [9.17, 15) is 9.59 Å². The van der Waals surface area contributed by atoms with Crippen LogP contribution in [-0.2, 0) is 21.7 Å². The van der Waals surface area contributed by atoms with E-state index in [0.29, 0.717) is 11.3 Å². The molecule has 2 bridgehead atoms. The van der Waals surface area contributed by atoms with Crippen molar-refractivity contribution >= 4 is 11.8 Å². The smallest absolute Gasteiger partial charge is 0.341 e. The van der Waals surface area contributed by atoms with E-state index < -0.39 is 0 Å². The van der Waals surface area contributed by atoms with E-state index >= 15 is 0 Å². The largest absolute Gasteiger partial charge is 0.457 e. The molecule has 0 amide bonds. The molecule has 5 nitrogen and oxygen atoms in total. The van der Waals surface area contributed by atoms with Crippen molar-refractivity contribution in [1.82, 2.24) is 9.78 Å². The zero-order valence-electron chi connectivity index (χ0n) is 16.0. The van der Waals surface area contributed by atoms with Gasteiger partial charge in [0.25, 0.3) is 0 Å². The van der Waals surface area contributed by atoms with Gasteiger partial charge in [0.2, 0.25) is 0 Å². The second-order valence-electron chi connectivity index (χ2n) is 8.18. The molecule has 3 saturated carbocycles. The van der Waals surface area contributed by atoms with Crippen LogP contribution in [0.2, 0.25) is 0 Å². The van der Waals surface area contributed by atoms with Crippen molar-refractivity contribution in [3.63, 3.8) is 0 Å². The van der Waals surface area contributed by atoms with Crippen LogP contribution in [0.25, 0.3) is 0 Å². The number of ketones is 1. The summed E-state index contributed by atoms with van der Waals surface area (Å²) in [6.45, 7) is 3.94. The monoisotopic (exact) mass is 366 g/mol. The standard InChI is InChI=1S/C22H26N2O3/c1-16-19(20(26)27-15-18-6-4-3-5-7-18)14-23-24(16)22-11-8-21(9-12-22,10-13-22)17(2)25/h3-7,14H,8-13,15H2,1-2H3. The number of rotatable bonds is 5. The van der Waals surface area contributed by atoms with Crippen molar-refractivity contribution in [2.24, 2.45) is 5.41 Å². The van der Waals surface area contributed by atoms with E-state index in [4.69, 9.17) is 4.74 Å². The first-order valence-electron chi connectivity index (χ1n) is 9.73. The maximum atomic E-state index is 12.6. The summed E-state index contributed by atoms with van der Waals surface area (Å²) in [6.07, 6.45) is 7.27. The topological polar surface area (TPSA) is 61.2 Å². The molecule has 0 radical (unpaired) electrons. The highest BCUT2D eigenvalue weighted by atomic mass is 16.5. The number of benzene rings is 1. The van der Waals surface area contributed by atoms with Crippen molar-refractivity contribution in [3.8, 4) is 0 Å². The Labute approximate surface area is 159 Å². The van der Waals surface area contributed by atoms with Gasteiger partial charge in [-0.3, -0.25) is 9.48 Å². The van der Waals surface area contributed by atoms with Crippen LogP contribution in [0.15, 0.2) is 36.5 Å². The van der Waals surface area contributed by atoms with Gasteiger partial charge in [0.1, 0.15) is 18.0 Å². The Morgan fingerprint density at radius 1 is 1.07 bits per heavy atom. The van der Waals surface area contributed by atoms with Crippen molar-refractivity contribution in [2.75, 3.05) is 0 Å². The van der Waals surface area contributed by atoms with E-state index in [1.54, 1.807) is 13.1 Å². The molecule has 0 spiro atoms. The van der Waals surface area contributed by atoms with Crippen LogP contribution in [0.5, 0.6) is 0 Å². The first-order chi connectivity index (χ1) is 13.0. The van der Waals surface area contributed by atoms with E-state index in [0.717, 1.165) is 49.8 Å². The SMILES string of the molecule is CC(=O)C12CCC(n3ncc(C(=O)OCc4ccccc4)c3C)(CC1)CC2. The number of nitrogens with zero attached hydrogens (tertiary/aromatic N) is 2. The molecule has 0 unspecified atom stereocenters. The van der Waals surface area contributed by atoms with Gasteiger partial charge >= 0.3 is 5.97 Å². The number of carbonyl (C=O) groups is 2. The number of ether oxygens (including phenoxy) is 1. The molecule has 2 aromatic rings. The molecule has 1 aromatic heterocycles. The fourth-order valence-corrected chi connectivity index (χ4v) is 4.90. The van der Waals surface area contributed by atoms with Crippen LogP contribution in [0.3, 0.4) is 0 Å². The van der Waals surface area contributed by atoms with Gasteiger partial charge in [-0.15, -0.1) is 0 Å². The average Bonchev–Trinajstić information content (AvgIpc) is 3.10. The highest BCUT2D eigenvalue weighted by Crippen LogP contribution is 2.56. The minimum Gasteiger partial charge on any atom is -0.457 e. The normalized spacial score (nSPS) is 26.7. The second kappa shape index (κ2) is 6.63. The number of hydrogen-bond acceptors (Lipinski definition) is 4. The fraction of sp³-hybridized carbons (Fsp3) is 0.500. The predicted molar refractivity (Wildman–Crippen MR) is 101 cm³/mol. The van der Waals surface area contributed by atoms with Crippen molar-refractivity contribution in [1.29, 1.82) is 0 Å². The van der Waals surface area contributed by atoms with Crippen LogP contribution in [-0.4, -0.2) is 21.5 Å². The van der Waals surface area contributed by atoms with Gasteiger partial charge in [-0.25, -0.2) is 4.79 Å². The molecule has 142 valence electrons. The fourth-order valence-electron chi connectivity index (χ4n) is 4.90. The van der Waals surface area contributed by atoms with Crippen LogP contribution in [0.4, 0.5) is 0 Å². The molecule has 1 aromatic carbocycles. The third kappa shape index (κ3) is 2.99. The van der Waals surface area contributed by atoms with Gasteiger partial charge in [0, 0.05) is 5.41 Å². The summed E-state index contributed by atoms with van der Waals surface area (Å²) in [5.41, 5.74) is 2.20. The molecule has 3 aliphatic carbocycles. The molecule has 5 rings (SSSR count). The molecule has 0 N–H and O–H groups in total. The van der Waals surface area contributed by atoms with E-state index in [-0.39, 0.29) is 23.5 Å². The van der Waals surface area contributed by atoms with Crippen molar-refractivity contribution < 1.29 is 14.3 Å². The van der Waals surface area contributed by atoms with Crippen LogP contribution in [0, 0.1) is 12.3 Å². The maximum absolute atomic E-state index is 12.6. The first kappa shape index (κ1) is 18.0. The van der Waals surface area contributed by atoms with Gasteiger partial charge in [0.05, 0.1) is 17.4 Å². The Morgan fingerprint density at radius 3 is 2.30 bits per heavy atom. The molecule has 0 atom stereocenters. The average molecular weight is 366 g/mol. The summed E-state index contributed by atoms with van der Waals surface area (Å²) < 4.78 is 7.52. The number of fused-ring (bicyclic) bond motifs is 3. The summed E-state index contributed by atoms with van der Waals surface area (Å²) in [6, 6.07) is 9.67. The van der Waals surface area contributed by atoms with Gasteiger partial charge in [0.15, 0.2) is 0 Å². The number of Topliss-reactive ketones (excluding diaryl/α,β-unsaturated/α-hetero) is 1. The quantitative estimate of drug-likeness (QED) is 0.745. The number of hydrogen-bond donors (Lipinski definition) is 0. The zero-order chi connectivity index (χ0) is 19.1. The minimum absolute atomic E-state index is 0.0563. The minimum atomic E-state index is -0.330. The Balaban J connectivity index is 1.50. The van der Waals surface area contributed by atoms with Gasteiger partial charge in [-0.05, 0) is 57.9 Å². The van der Waals surface area contributed by atoms with E-state index in [1.807, 2.05) is 41.9 Å². The number of esters is 1. The van der Waals surface area contributed by atoms with Gasteiger partial charge < -0.3 is 4.74 Å². The van der Waals surface area contributed by atoms with Crippen LogP contribution in [0.1, 0.15) is 67.1 Å². The molecule has 3 fully saturated rings. The second-order valence-corrected chi connectivity index (χ2v) is 8.18. The lowest BCUT2D eigenvalue weighted by molar-refractivity contribution is -0.135. The summed E-state index contributed by atoms with van der Waals surface area (Å²) in [5.74, 6) is 0.00173. The van der Waals surface area contributed by atoms with Gasteiger partial charge in [-0.2, -0.15) is 5.10 Å². The highest BCUT2D eigenvalue weighted by molar-refractivity contribution is 5.90. The molecule has 0 saturated heterocycles. The zero-order valence-corrected chi connectivity index (χ0v) is 16.0. The van der Waals surface area contributed by atoms with Gasteiger partial charge in [-0.1, -0.05) is 30.3 Å². The number of carbonyl (C=O) groups excluding carboxylic acids is 2. The lowest BCUT2D eigenvalue weighted by Gasteiger charge is -2.52. The molecular weight excluding hydrogens is 340 g/mol. The number of aromatic nitrogens is 2. The molecule has 0 aliphatic heterocycles. The summed E-state index contributed by atoms with van der Waals surface area (Å²) in [5, 5.41) is 4.58. The molecule has 3 aliphatic rings. The Bertz CT molecular complexity index is 844. The third-order valence-electron chi connectivity index (χ3n) is 6.85. The Kier molecular flexibility index (Phi) is 4.41. The van der Waals surface area contributed by atoms with Crippen molar-refractivity contribution in [3.05, 3.63) is 53.3 Å². The first-order valence-corrected chi connectivity index (χ1v) is 9.73. The molecular formula is C22H26N2O3. The maximum Gasteiger partial charge on any atom is 0.341 e. The van der Waals surface area contributed by atoms with Crippen molar-refractivity contribution in [2.45, 2.75) is 64.5 Å². The van der Waals surface area contributed by atoms with E-state index in [1.165, 1.54) is 0 Å². The highest BCUT2D eigenvalue weighted by Gasteiger charge is 2.52. The predicted octanol–water partition coefficient (Wildman–Crippen LogP) is 4.19. The molecule has 27 heavy (non-hydrogen) atoms. The third-order valence-corrected chi connectivity index (χ3v) is 6.85. The summed E-state index contributed by atoms with van der Waals surface area (Å²) in [7, 11) is 0. The van der Waals surface area contributed by atoms with Crippen LogP contribution < -0.4 is 0 Å². The Morgan fingerprint density at radius 2 is 1.70 bits per heavy atom. The lowest BCUT2D eigenvalue weighted by atomic mass is 9.56. The summed E-state index contributed by atoms with van der Waals surface area (Å²) in [4.78, 5) is 24.6. The lowest BCUT2D eigenvalue weighted by Crippen LogP contribution is -2.50. The van der Waals surface area contributed by atoms with Crippen LogP contribution >= 0.6 is 0 Å².